The molecule has 1 aliphatic heterocycles. The van der Waals surface area contributed by atoms with Crippen molar-refractivity contribution in [1.29, 1.82) is 0 Å². The molecule has 1 aliphatic carbocycles. The number of piperidine rings is 1. The number of carbonyl (C=O) groups is 1. The predicted octanol–water partition coefficient (Wildman–Crippen LogP) is 8.00. The summed E-state index contributed by atoms with van der Waals surface area (Å²) in [5.74, 6) is -0.998. The lowest BCUT2D eigenvalue weighted by Crippen LogP contribution is -2.46. The molecule has 2 N–H and O–H groups in total. The minimum absolute atomic E-state index is 0.0920. The van der Waals surface area contributed by atoms with Crippen LogP contribution in [0.25, 0.3) is 0 Å². The summed E-state index contributed by atoms with van der Waals surface area (Å²) in [6.07, 6.45) is -7.55. The molecule has 2 fully saturated rings. The first-order valence-corrected chi connectivity index (χ1v) is 14.4. The minimum Gasteiger partial charge on any atom is -0.369 e. The molecule has 230 valence electrons. The molecule has 3 aromatic carbocycles. The summed E-state index contributed by atoms with van der Waals surface area (Å²) in [4.78, 5) is 14.3. The Morgan fingerprint density at radius 1 is 0.837 bits per heavy atom. The summed E-state index contributed by atoms with van der Waals surface area (Å²) < 4.78 is 98.6. The molecular formula is C33H33F7N2O. The summed E-state index contributed by atoms with van der Waals surface area (Å²) in [6.45, 7) is 1.57. The maximum atomic E-state index is 14.6. The molecule has 0 spiro atoms. The first-order valence-electron chi connectivity index (χ1n) is 14.4. The lowest BCUT2D eigenvalue weighted by atomic mass is 9.61. The van der Waals surface area contributed by atoms with E-state index in [9.17, 15) is 35.5 Å². The number of primary amides is 1. The third kappa shape index (κ3) is 6.59. The van der Waals surface area contributed by atoms with Crippen molar-refractivity contribution in [1.82, 2.24) is 4.90 Å². The zero-order chi connectivity index (χ0) is 31.0. The van der Waals surface area contributed by atoms with Gasteiger partial charge in [0.2, 0.25) is 5.91 Å². The molecule has 3 nitrogen and oxygen atoms in total. The van der Waals surface area contributed by atoms with Crippen LogP contribution in [0.4, 0.5) is 30.7 Å². The van der Waals surface area contributed by atoms with Gasteiger partial charge in [0, 0.05) is 11.5 Å². The largest absolute Gasteiger partial charge is 0.416 e. The molecule has 0 unspecified atom stereocenters. The van der Waals surface area contributed by atoms with Crippen molar-refractivity contribution in [3.8, 4) is 0 Å². The first kappa shape index (κ1) is 31.0. The van der Waals surface area contributed by atoms with Gasteiger partial charge in [-0.1, -0.05) is 42.5 Å². The average Bonchev–Trinajstić information content (AvgIpc) is 2.97. The molecule has 10 heteroatoms. The van der Waals surface area contributed by atoms with Crippen molar-refractivity contribution in [2.75, 3.05) is 13.1 Å². The van der Waals surface area contributed by atoms with Gasteiger partial charge < -0.3 is 10.6 Å². The standard InChI is InChI=1S/C33H33F7N2O/c34-26-8-6-21(7-9-26)22-12-16-42(17-13-22)27-10-14-31(15-11-27,24-4-2-1-3-5-24)30-23(19-29(41)43)18-25(32(35,36)37)20-28(30)33(38,39)40/h1-9,18,20,22,27H,10-17,19H2,(H2,41,43). The van der Waals surface area contributed by atoms with Crippen LogP contribution in [0, 0.1) is 5.82 Å². The highest BCUT2D eigenvalue weighted by Crippen LogP contribution is 2.52. The van der Waals surface area contributed by atoms with E-state index in [1.54, 1.807) is 42.5 Å². The van der Waals surface area contributed by atoms with E-state index < -0.39 is 41.2 Å². The molecule has 5 rings (SSSR count). The van der Waals surface area contributed by atoms with E-state index in [-0.39, 0.29) is 41.9 Å². The maximum Gasteiger partial charge on any atom is 0.416 e. The van der Waals surface area contributed by atoms with E-state index in [1.807, 2.05) is 0 Å². The summed E-state index contributed by atoms with van der Waals surface area (Å²) in [5, 5.41) is 0. The second-order valence-corrected chi connectivity index (χ2v) is 11.7. The Hall–Kier alpha value is -3.40. The fourth-order valence-corrected chi connectivity index (χ4v) is 7.22. The van der Waals surface area contributed by atoms with Gasteiger partial charge in [0.05, 0.1) is 17.5 Å². The van der Waals surface area contributed by atoms with Crippen molar-refractivity contribution in [3.63, 3.8) is 0 Å². The van der Waals surface area contributed by atoms with Gasteiger partial charge in [-0.05, 0) is 104 Å². The van der Waals surface area contributed by atoms with Gasteiger partial charge in [-0.25, -0.2) is 4.39 Å². The third-order valence-corrected chi connectivity index (χ3v) is 9.22. The van der Waals surface area contributed by atoms with Crippen molar-refractivity contribution in [2.24, 2.45) is 5.73 Å². The van der Waals surface area contributed by atoms with E-state index in [0.717, 1.165) is 31.5 Å². The highest BCUT2D eigenvalue weighted by atomic mass is 19.4. The molecule has 1 saturated carbocycles. The SMILES string of the molecule is NC(=O)Cc1cc(C(F)(F)F)cc(C(F)(F)F)c1C1(c2ccccc2)CCC(N2CCC(c3ccc(F)cc3)CC2)CC1. The smallest absolute Gasteiger partial charge is 0.369 e. The minimum atomic E-state index is -5.09. The van der Waals surface area contributed by atoms with Crippen LogP contribution in [-0.2, 0) is 29.0 Å². The monoisotopic (exact) mass is 606 g/mol. The van der Waals surface area contributed by atoms with Crippen LogP contribution in [0.1, 0.15) is 77.8 Å². The Labute approximate surface area is 245 Å². The van der Waals surface area contributed by atoms with E-state index >= 15 is 0 Å². The second kappa shape index (κ2) is 11.9. The second-order valence-electron chi connectivity index (χ2n) is 11.7. The van der Waals surface area contributed by atoms with E-state index in [4.69, 9.17) is 5.73 Å². The third-order valence-electron chi connectivity index (χ3n) is 9.22. The fraction of sp³-hybridized carbons (Fsp3) is 0.424. The molecule has 2 aliphatic rings. The molecule has 3 aromatic rings. The van der Waals surface area contributed by atoms with Gasteiger partial charge in [-0.15, -0.1) is 0 Å². The Morgan fingerprint density at radius 3 is 1.98 bits per heavy atom. The molecule has 1 amide bonds. The number of nitrogens with zero attached hydrogens (tertiary/aromatic N) is 1. The van der Waals surface area contributed by atoms with E-state index in [2.05, 4.69) is 4.90 Å². The molecule has 1 heterocycles. The number of amides is 1. The van der Waals surface area contributed by atoms with Gasteiger partial charge in [0.25, 0.3) is 0 Å². The normalized spacial score (nSPS) is 22.4. The number of carbonyl (C=O) groups excluding carboxylic acids is 1. The maximum absolute atomic E-state index is 14.6. The zero-order valence-electron chi connectivity index (χ0n) is 23.4. The molecule has 0 aromatic heterocycles. The molecular weight excluding hydrogens is 573 g/mol. The van der Waals surface area contributed by atoms with Gasteiger partial charge in [-0.2, -0.15) is 26.3 Å². The van der Waals surface area contributed by atoms with Crippen LogP contribution in [-0.4, -0.2) is 29.9 Å². The lowest BCUT2D eigenvalue weighted by molar-refractivity contribution is -0.144. The quantitative estimate of drug-likeness (QED) is 0.289. The molecule has 0 atom stereocenters. The molecule has 43 heavy (non-hydrogen) atoms. The summed E-state index contributed by atoms with van der Waals surface area (Å²) in [5.41, 5.74) is 2.31. The topological polar surface area (TPSA) is 46.3 Å². The van der Waals surface area contributed by atoms with Crippen molar-refractivity contribution >= 4 is 5.91 Å². The highest BCUT2D eigenvalue weighted by Gasteiger charge is 2.48. The summed E-state index contributed by atoms with van der Waals surface area (Å²) in [7, 11) is 0. The number of benzene rings is 3. The molecule has 1 saturated heterocycles. The Bertz CT molecular complexity index is 1420. The van der Waals surface area contributed by atoms with Gasteiger partial charge in [0.15, 0.2) is 0 Å². The zero-order valence-corrected chi connectivity index (χ0v) is 23.4. The number of likely N-dealkylation sites (tertiary alicyclic amines) is 1. The molecule has 0 bridgehead atoms. The van der Waals surface area contributed by atoms with Crippen molar-refractivity contribution in [3.05, 3.63) is 106 Å². The molecule has 0 radical (unpaired) electrons. The Morgan fingerprint density at radius 2 is 1.44 bits per heavy atom. The van der Waals surface area contributed by atoms with Crippen LogP contribution in [0.15, 0.2) is 66.7 Å². The van der Waals surface area contributed by atoms with Gasteiger partial charge in [-0.3, -0.25) is 4.79 Å². The number of hydrogen-bond donors (Lipinski definition) is 1. The Balaban J connectivity index is 1.49. The van der Waals surface area contributed by atoms with E-state index in [1.165, 1.54) is 12.1 Å². The fourth-order valence-electron chi connectivity index (χ4n) is 7.22. The average molecular weight is 607 g/mol. The number of nitrogens with two attached hydrogens (primary N) is 1. The van der Waals surface area contributed by atoms with Crippen LogP contribution in [0.3, 0.4) is 0 Å². The number of halogens is 7. The number of alkyl halides is 6. The van der Waals surface area contributed by atoms with Crippen molar-refractivity contribution < 1.29 is 35.5 Å². The number of hydrogen-bond acceptors (Lipinski definition) is 2. The Kier molecular flexibility index (Phi) is 8.62. The highest BCUT2D eigenvalue weighted by molar-refractivity contribution is 5.78. The van der Waals surface area contributed by atoms with Gasteiger partial charge >= 0.3 is 12.4 Å². The van der Waals surface area contributed by atoms with Gasteiger partial charge in [0.1, 0.15) is 5.82 Å². The predicted molar refractivity (Wildman–Crippen MR) is 149 cm³/mol. The van der Waals surface area contributed by atoms with Crippen LogP contribution in [0.5, 0.6) is 0 Å². The van der Waals surface area contributed by atoms with Crippen LogP contribution < -0.4 is 5.73 Å². The van der Waals surface area contributed by atoms with Crippen LogP contribution in [0.2, 0.25) is 0 Å². The van der Waals surface area contributed by atoms with E-state index in [0.29, 0.717) is 30.4 Å². The number of rotatable bonds is 6. The summed E-state index contributed by atoms with van der Waals surface area (Å²) >= 11 is 0. The van der Waals surface area contributed by atoms with Crippen LogP contribution >= 0.6 is 0 Å². The first-order chi connectivity index (χ1) is 20.3. The van der Waals surface area contributed by atoms with Crippen molar-refractivity contribution in [2.45, 2.75) is 74.7 Å². The lowest BCUT2D eigenvalue weighted by Gasteiger charge is -2.47. The summed E-state index contributed by atoms with van der Waals surface area (Å²) in [6, 6.07) is 16.0.